The van der Waals surface area contributed by atoms with E-state index in [1.165, 1.54) is 12.8 Å². The number of rotatable bonds is 8. The average Bonchev–Trinajstić information content (AvgIpc) is 2.24. The van der Waals surface area contributed by atoms with Crippen molar-refractivity contribution in [1.82, 2.24) is 4.90 Å². The zero-order valence-electron chi connectivity index (χ0n) is 9.87. The van der Waals surface area contributed by atoms with Crippen LogP contribution in [0.25, 0.3) is 0 Å². The molecule has 0 aromatic rings. The molecule has 1 atom stereocenters. The fourth-order valence-electron chi connectivity index (χ4n) is 1.75. The molecule has 3 N–H and O–H groups in total. The third-order valence-electron chi connectivity index (χ3n) is 3.05. The summed E-state index contributed by atoms with van der Waals surface area (Å²) in [4.78, 5) is 2.29. The molecular formula is C11H26N2O. The Balaban J connectivity index is 4.10. The summed E-state index contributed by atoms with van der Waals surface area (Å²) in [5.74, 6) is 0.732. The smallest absolute Gasteiger partial charge is 0.0599 e. The monoisotopic (exact) mass is 202 g/mol. The number of aliphatic hydroxyl groups is 1. The average molecular weight is 202 g/mol. The van der Waals surface area contributed by atoms with E-state index >= 15 is 0 Å². The first-order valence-corrected chi connectivity index (χ1v) is 5.78. The van der Waals surface area contributed by atoms with Gasteiger partial charge in [0.2, 0.25) is 0 Å². The van der Waals surface area contributed by atoms with Gasteiger partial charge in [-0.2, -0.15) is 0 Å². The Morgan fingerprint density at radius 3 is 2.07 bits per heavy atom. The fourth-order valence-corrected chi connectivity index (χ4v) is 1.75. The zero-order chi connectivity index (χ0) is 11.0. The minimum Gasteiger partial charge on any atom is -0.395 e. The molecule has 0 saturated heterocycles. The largest absolute Gasteiger partial charge is 0.395 e. The van der Waals surface area contributed by atoms with Gasteiger partial charge in [-0.15, -0.1) is 0 Å². The van der Waals surface area contributed by atoms with Crippen LogP contribution in [0.4, 0.5) is 0 Å². The highest BCUT2D eigenvalue weighted by Gasteiger charge is 2.17. The van der Waals surface area contributed by atoms with E-state index in [0.29, 0.717) is 6.54 Å². The van der Waals surface area contributed by atoms with Crippen LogP contribution >= 0.6 is 0 Å². The van der Waals surface area contributed by atoms with Gasteiger partial charge in [0.1, 0.15) is 0 Å². The SMILES string of the molecule is CCC(CC)CN(CC)C(CN)CO. The number of nitrogens with two attached hydrogens (primary N) is 1. The molecule has 0 aromatic heterocycles. The summed E-state index contributed by atoms with van der Waals surface area (Å²) >= 11 is 0. The van der Waals surface area contributed by atoms with Gasteiger partial charge in [0.05, 0.1) is 6.61 Å². The Hall–Kier alpha value is -0.120. The Bertz CT molecular complexity index is 122. The van der Waals surface area contributed by atoms with Gasteiger partial charge in [-0.3, -0.25) is 4.90 Å². The summed E-state index contributed by atoms with van der Waals surface area (Å²) in [6.45, 7) is 9.32. The first-order chi connectivity index (χ1) is 6.73. The van der Waals surface area contributed by atoms with Crippen molar-refractivity contribution in [2.24, 2.45) is 11.7 Å². The van der Waals surface area contributed by atoms with Gasteiger partial charge in [0, 0.05) is 19.1 Å². The molecule has 0 fully saturated rings. The third kappa shape index (κ3) is 4.40. The minimum atomic E-state index is 0.139. The Morgan fingerprint density at radius 1 is 1.21 bits per heavy atom. The molecular weight excluding hydrogens is 176 g/mol. The van der Waals surface area contributed by atoms with Gasteiger partial charge in [-0.1, -0.05) is 33.6 Å². The summed E-state index contributed by atoms with van der Waals surface area (Å²) in [6, 6.07) is 0.139. The van der Waals surface area contributed by atoms with E-state index in [1.807, 2.05) is 0 Å². The molecule has 0 aliphatic carbocycles. The van der Waals surface area contributed by atoms with Gasteiger partial charge in [-0.25, -0.2) is 0 Å². The molecule has 0 spiro atoms. The van der Waals surface area contributed by atoms with E-state index in [0.717, 1.165) is 19.0 Å². The van der Waals surface area contributed by atoms with Crippen molar-refractivity contribution < 1.29 is 5.11 Å². The first-order valence-electron chi connectivity index (χ1n) is 5.78. The number of nitrogens with zero attached hydrogens (tertiary/aromatic N) is 1. The molecule has 0 heterocycles. The van der Waals surface area contributed by atoms with Crippen molar-refractivity contribution in [3.05, 3.63) is 0 Å². The van der Waals surface area contributed by atoms with E-state index in [2.05, 4.69) is 25.7 Å². The highest BCUT2D eigenvalue weighted by Crippen LogP contribution is 2.11. The summed E-state index contributed by atoms with van der Waals surface area (Å²) in [5.41, 5.74) is 5.62. The Morgan fingerprint density at radius 2 is 1.79 bits per heavy atom. The summed E-state index contributed by atoms with van der Waals surface area (Å²) in [5, 5.41) is 9.16. The van der Waals surface area contributed by atoms with Crippen LogP contribution in [0.3, 0.4) is 0 Å². The summed E-state index contributed by atoms with van der Waals surface area (Å²) in [6.07, 6.45) is 2.41. The van der Waals surface area contributed by atoms with Crippen LogP contribution in [-0.2, 0) is 0 Å². The van der Waals surface area contributed by atoms with Crippen LogP contribution < -0.4 is 5.73 Å². The lowest BCUT2D eigenvalue weighted by Gasteiger charge is -2.31. The van der Waals surface area contributed by atoms with Crippen LogP contribution in [0.2, 0.25) is 0 Å². The molecule has 3 heteroatoms. The van der Waals surface area contributed by atoms with E-state index < -0.39 is 0 Å². The van der Waals surface area contributed by atoms with Crippen LogP contribution in [0, 0.1) is 5.92 Å². The van der Waals surface area contributed by atoms with Crippen molar-refractivity contribution in [3.63, 3.8) is 0 Å². The van der Waals surface area contributed by atoms with Gasteiger partial charge in [-0.05, 0) is 12.5 Å². The van der Waals surface area contributed by atoms with Crippen LogP contribution in [-0.4, -0.2) is 42.3 Å². The lowest BCUT2D eigenvalue weighted by molar-refractivity contribution is 0.114. The molecule has 0 bridgehead atoms. The summed E-state index contributed by atoms with van der Waals surface area (Å²) < 4.78 is 0. The third-order valence-corrected chi connectivity index (χ3v) is 3.05. The second-order valence-electron chi connectivity index (χ2n) is 3.84. The first kappa shape index (κ1) is 13.9. The molecule has 14 heavy (non-hydrogen) atoms. The molecule has 0 aliphatic heterocycles. The Kier molecular flexibility index (Phi) is 8.14. The molecule has 1 unspecified atom stereocenters. The highest BCUT2D eigenvalue weighted by atomic mass is 16.3. The van der Waals surface area contributed by atoms with Crippen molar-refractivity contribution in [2.45, 2.75) is 39.7 Å². The normalized spacial score (nSPS) is 13.9. The minimum absolute atomic E-state index is 0.139. The number of likely N-dealkylation sites (N-methyl/N-ethyl adjacent to an activating group) is 1. The molecule has 0 aromatic carbocycles. The molecule has 0 amide bonds. The van der Waals surface area contributed by atoms with Gasteiger partial charge in [0.15, 0.2) is 0 Å². The van der Waals surface area contributed by atoms with Crippen LogP contribution in [0.1, 0.15) is 33.6 Å². The molecule has 0 aliphatic rings. The lowest BCUT2D eigenvalue weighted by atomic mass is 10.0. The maximum atomic E-state index is 9.16. The predicted molar refractivity (Wildman–Crippen MR) is 61.2 cm³/mol. The second-order valence-corrected chi connectivity index (χ2v) is 3.84. The molecule has 86 valence electrons. The van der Waals surface area contributed by atoms with Crippen molar-refractivity contribution >= 4 is 0 Å². The predicted octanol–water partition coefficient (Wildman–Crippen LogP) is 1.06. The lowest BCUT2D eigenvalue weighted by Crippen LogP contribution is -2.45. The zero-order valence-corrected chi connectivity index (χ0v) is 9.87. The summed E-state index contributed by atoms with van der Waals surface area (Å²) in [7, 11) is 0. The van der Waals surface area contributed by atoms with E-state index in [-0.39, 0.29) is 12.6 Å². The Labute approximate surface area is 88.3 Å². The maximum absolute atomic E-state index is 9.16. The van der Waals surface area contributed by atoms with Crippen molar-refractivity contribution in [2.75, 3.05) is 26.2 Å². The number of aliphatic hydroxyl groups excluding tert-OH is 1. The van der Waals surface area contributed by atoms with Crippen molar-refractivity contribution in [3.8, 4) is 0 Å². The van der Waals surface area contributed by atoms with E-state index in [4.69, 9.17) is 10.8 Å². The van der Waals surface area contributed by atoms with Gasteiger partial charge in [0.25, 0.3) is 0 Å². The molecule has 0 rings (SSSR count). The van der Waals surface area contributed by atoms with Gasteiger partial charge >= 0.3 is 0 Å². The molecule has 0 saturated carbocycles. The molecule has 3 nitrogen and oxygen atoms in total. The highest BCUT2D eigenvalue weighted by molar-refractivity contribution is 4.73. The van der Waals surface area contributed by atoms with E-state index in [1.54, 1.807) is 0 Å². The standard InChI is InChI=1S/C11H26N2O/c1-4-10(5-2)8-13(6-3)11(7-12)9-14/h10-11,14H,4-9,12H2,1-3H3. The number of hydrogen-bond acceptors (Lipinski definition) is 3. The maximum Gasteiger partial charge on any atom is 0.0599 e. The second kappa shape index (κ2) is 8.21. The fraction of sp³-hybridized carbons (Fsp3) is 1.00. The molecule has 0 radical (unpaired) electrons. The van der Waals surface area contributed by atoms with Crippen molar-refractivity contribution in [1.29, 1.82) is 0 Å². The number of hydrogen-bond donors (Lipinski definition) is 2. The van der Waals surface area contributed by atoms with Gasteiger partial charge < -0.3 is 10.8 Å². The van der Waals surface area contributed by atoms with E-state index in [9.17, 15) is 0 Å². The quantitative estimate of drug-likeness (QED) is 0.619. The topological polar surface area (TPSA) is 49.5 Å². The van der Waals surface area contributed by atoms with Crippen LogP contribution in [0.15, 0.2) is 0 Å². The van der Waals surface area contributed by atoms with Crippen LogP contribution in [0.5, 0.6) is 0 Å².